The van der Waals surface area contributed by atoms with Gasteiger partial charge in [-0.1, -0.05) is 29.3 Å². The van der Waals surface area contributed by atoms with E-state index in [1.54, 1.807) is 16.7 Å². The fourth-order valence-corrected chi connectivity index (χ4v) is 5.07. The first-order valence-corrected chi connectivity index (χ1v) is 10.4. The first-order valence-electron chi connectivity index (χ1n) is 9.10. The molecule has 1 saturated carbocycles. The number of fused-ring (bicyclic) bond motifs is 1. The van der Waals surface area contributed by atoms with Crippen LogP contribution in [0.15, 0.2) is 24.4 Å². The zero-order valence-corrected chi connectivity index (χ0v) is 17.5. The van der Waals surface area contributed by atoms with Crippen LogP contribution in [0.4, 0.5) is 0 Å². The highest BCUT2D eigenvalue weighted by Crippen LogP contribution is 2.46. The van der Waals surface area contributed by atoms with Crippen molar-refractivity contribution in [2.45, 2.75) is 38.1 Å². The summed E-state index contributed by atoms with van der Waals surface area (Å²) in [4.78, 5) is 4.67. The van der Waals surface area contributed by atoms with Gasteiger partial charge in [-0.25, -0.2) is 0 Å². The highest BCUT2D eigenvalue weighted by molar-refractivity contribution is 6.37. The Hall–Kier alpha value is -1.93. The lowest BCUT2D eigenvalue weighted by molar-refractivity contribution is 0.364. The summed E-state index contributed by atoms with van der Waals surface area (Å²) in [5.74, 6) is 0.212. The van der Waals surface area contributed by atoms with Crippen LogP contribution in [-0.4, -0.2) is 14.7 Å². The van der Waals surface area contributed by atoms with Crippen molar-refractivity contribution in [3.8, 4) is 23.1 Å². The van der Waals surface area contributed by atoms with Gasteiger partial charge in [0.15, 0.2) is 0 Å². The average Bonchev–Trinajstić information content (AvgIpc) is 3.25. The third-order valence-electron chi connectivity index (χ3n) is 5.60. The van der Waals surface area contributed by atoms with E-state index in [0.717, 1.165) is 41.6 Å². The molecular weight excluding hydrogens is 417 g/mol. The van der Waals surface area contributed by atoms with Crippen LogP contribution >= 0.6 is 34.8 Å². The molecule has 1 aliphatic carbocycles. The highest BCUT2D eigenvalue weighted by Gasteiger charge is 2.32. The van der Waals surface area contributed by atoms with E-state index in [2.05, 4.69) is 11.1 Å². The largest absolute Gasteiger partial charge is 0.494 e. The van der Waals surface area contributed by atoms with Gasteiger partial charge >= 0.3 is 0 Å². The number of benzene rings is 1. The molecule has 2 aromatic heterocycles. The summed E-state index contributed by atoms with van der Waals surface area (Å²) < 4.78 is 1.79. The van der Waals surface area contributed by atoms with E-state index in [9.17, 15) is 10.4 Å². The maximum absolute atomic E-state index is 11.2. The van der Waals surface area contributed by atoms with Gasteiger partial charge in [-0.15, -0.1) is 11.6 Å². The number of nitriles is 1. The molecule has 4 nitrogen and oxygen atoms in total. The predicted molar refractivity (Wildman–Crippen MR) is 113 cm³/mol. The van der Waals surface area contributed by atoms with Crippen LogP contribution in [0, 0.1) is 24.2 Å². The molecule has 0 aliphatic heterocycles. The maximum atomic E-state index is 11.2. The number of hydrogen-bond donors (Lipinski definition) is 1. The molecule has 0 radical (unpaired) electrons. The number of aromatic nitrogens is 2. The smallest absolute Gasteiger partial charge is 0.201 e. The minimum absolute atomic E-state index is 0.0625. The molecule has 28 heavy (non-hydrogen) atoms. The Morgan fingerprint density at radius 1 is 1.32 bits per heavy atom. The lowest BCUT2D eigenvalue weighted by atomic mass is 9.96. The zero-order chi connectivity index (χ0) is 20.0. The number of nitrogens with zero attached hydrogens (tertiary/aromatic N) is 3. The summed E-state index contributed by atoms with van der Waals surface area (Å²) in [7, 11) is 0. The Balaban J connectivity index is 2.04. The number of alkyl halides is 1. The standard InChI is InChI=1S/C21H18Cl3N3O/c1-11-15(8-22)19(14-6-5-13(23)7-16(14)24)20-17(26-11)10-27(21(20)28)18-4-2-3-12(18)9-25/h5-7,10,12,18,28H,2-4,8H2,1H3/t12-,18-/m0/s1. The molecule has 0 bridgehead atoms. The van der Waals surface area contributed by atoms with Gasteiger partial charge in [0.2, 0.25) is 5.88 Å². The molecule has 0 spiro atoms. The molecule has 1 N–H and O–H groups in total. The van der Waals surface area contributed by atoms with Gasteiger partial charge in [-0.05, 0) is 43.9 Å². The second-order valence-corrected chi connectivity index (χ2v) is 8.27. The van der Waals surface area contributed by atoms with Crippen molar-refractivity contribution in [3.63, 3.8) is 0 Å². The Kier molecular flexibility index (Phi) is 5.18. The normalized spacial score (nSPS) is 19.2. The summed E-state index contributed by atoms with van der Waals surface area (Å²) in [6, 6.07) is 7.58. The summed E-state index contributed by atoms with van der Waals surface area (Å²) in [6.45, 7) is 1.90. The average molecular weight is 435 g/mol. The second kappa shape index (κ2) is 7.48. The Morgan fingerprint density at radius 3 is 2.79 bits per heavy atom. The Morgan fingerprint density at radius 2 is 2.11 bits per heavy atom. The minimum Gasteiger partial charge on any atom is -0.494 e. The van der Waals surface area contributed by atoms with E-state index in [1.165, 1.54) is 0 Å². The Labute approximate surface area is 178 Å². The number of aryl methyl sites for hydroxylation is 1. The fourth-order valence-electron chi connectivity index (χ4n) is 4.24. The van der Waals surface area contributed by atoms with Crippen molar-refractivity contribution in [2.75, 3.05) is 0 Å². The van der Waals surface area contributed by atoms with Crippen LogP contribution < -0.4 is 0 Å². The van der Waals surface area contributed by atoms with Gasteiger partial charge in [0.25, 0.3) is 0 Å². The second-order valence-electron chi connectivity index (χ2n) is 7.16. The molecule has 0 unspecified atom stereocenters. The van der Waals surface area contributed by atoms with Gasteiger partial charge in [0.05, 0.1) is 28.9 Å². The first kappa shape index (κ1) is 19.4. The number of aromatic hydroxyl groups is 1. The summed E-state index contributed by atoms with van der Waals surface area (Å²) in [5.41, 5.74) is 3.77. The SMILES string of the molecule is Cc1nc2cn([C@H]3CCC[C@H]3C#N)c(O)c2c(-c2ccc(Cl)cc2Cl)c1CCl. The predicted octanol–water partition coefficient (Wildman–Crippen LogP) is 6.63. The van der Waals surface area contributed by atoms with E-state index in [4.69, 9.17) is 34.8 Å². The van der Waals surface area contributed by atoms with Crippen molar-refractivity contribution in [1.82, 2.24) is 9.55 Å². The van der Waals surface area contributed by atoms with Crippen molar-refractivity contribution < 1.29 is 5.11 Å². The topological polar surface area (TPSA) is 61.8 Å². The van der Waals surface area contributed by atoms with Gasteiger partial charge in [-0.3, -0.25) is 4.98 Å². The molecule has 0 amide bonds. The maximum Gasteiger partial charge on any atom is 0.201 e. The number of rotatable bonds is 3. The van der Waals surface area contributed by atoms with Crippen LogP contribution in [0.25, 0.3) is 22.0 Å². The van der Waals surface area contributed by atoms with Gasteiger partial charge in [0.1, 0.15) is 0 Å². The third-order valence-corrected chi connectivity index (χ3v) is 6.41. The monoisotopic (exact) mass is 433 g/mol. The molecule has 1 fully saturated rings. The molecule has 3 aromatic rings. The van der Waals surface area contributed by atoms with Crippen LogP contribution in [0.3, 0.4) is 0 Å². The first-order chi connectivity index (χ1) is 13.5. The number of hydrogen-bond acceptors (Lipinski definition) is 3. The lowest BCUT2D eigenvalue weighted by Gasteiger charge is -2.17. The van der Waals surface area contributed by atoms with E-state index in [1.807, 2.05) is 19.2 Å². The summed E-state index contributed by atoms with van der Waals surface area (Å²) in [5, 5.41) is 22.3. The van der Waals surface area contributed by atoms with Gasteiger partial charge in [0, 0.05) is 38.9 Å². The third kappa shape index (κ3) is 3.03. The molecule has 0 saturated heterocycles. The minimum atomic E-state index is -0.121. The van der Waals surface area contributed by atoms with Crippen molar-refractivity contribution in [3.05, 3.63) is 45.7 Å². The van der Waals surface area contributed by atoms with Crippen LogP contribution in [0.1, 0.15) is 36.6 Å². The molecule has 2 heterocycles. The number of pyridine rings is 1. The molecule has 4 rings (SSSR count). The molecule has 144 valence electrons. The van der Waals surface area contributed by atoms with Crippen LogP contribution in [-0.2, 0) is 5.88 Å². The van der Waals surface area contributed by atoms with Crippen LogP contribution in [0.5, 0.6) is 5.88 Å². The molecule has 2 atom stereocenters. The summed E-state index contributed by atoms with van der Waals surface area (Å²) >= 11 is 18.8. The van der Waals surface area contributed by atoms with Crippen molar-refractivity contribution in [2.24, 2.45) is 5.92 Å². The van der Waals surface area contributed by atoms with E-state index in [0.29, 0.717) is 20.9 Å². The van der Waals surface area contributed by atoms with E-state index in [-0.39, 0.29) is 23.7 Å². The molecular formula is C21H18Cl3N3O. The fraction of sp³-hybridized carbons (Fsp3) is 0.333. The lowest BCUT2D eigenvalue weighted by Crippen LogP contribution is -2.11. The molecule has 1 aliphatic rings. The van der Waals surface area contributed by atoms with Crippen LogP contribution in [0.2, 0.25) is 10.0 Å². The zero-order valence-electron chi connectivity index (χ0n) is 15.2. The highest BCUT2D eigenvalue weighted by atomic mass is 35.5. The Bertz CT molecular complexity index is 1120. The molecule has 7 heteroatoms. The van der Waals surface area contributed by atoms with Gasteiger partial charge in [-0.2, -0.15) is 5.26 Å². The quantitative estimate of drug-likeness (QED) is 0.471. The number of halogens is 3. The summed E-state index contributed by atoms with van der Waals surface area (Å²) in [6.07, 6.45) is 4.49. The van der Waals surface area contributed by atoms with Crippen molar-refractivity contribution in [1.29, 1.82) is 5.26 Å². The molecule has 1 aromatic carbocycles. The van der Waals surface area contributed by atoms with Gasteiger partial charge < -0.3 is 9.67 Å². The van der Waals surface area contributed by atoms with E-state index < -0.39 is 0 Å². The van der Waals surface area contributed by atoms with Crippen molar-refractivity contribution >= 4 is 45.7 Å². The van der Waals surface area contributed by atoms with E-state index >= 15 is 0 Å².